The van der Waals surface area contributed by atoms with Crippen LogP contribution in [0.4, 0.5) is 5.69 Å². The molecule has 1 unspecified atom stereocenters. The number of para-hydroxylation sites is 1. The molecule has 0 bridgehead atoms. The lowest BCUT2D eigenvalue weighted by Crippen LogP contribution is -2.24. The normalized spacial score (nSPS) is 18.8. The highest BCUT2D eigenvalue weighted by Gasteiger charge is 2.28. The van der Waals surface area contributed by atoms with E-state index in [1.165, 1.54) is 0 Å². The van der Waals surface area contributed by atoms with Gasteiger partial charge in [-0.3, -0.25) is 4.79 Å². The van der Waals surface area contributed by atoms with Crippen molar-refractivity contribution in [1.82, 2.24) is 0 Å². The molecular formula is C18H15NO2. The summed E-state index contributed by atoms with van der Waals surface area (Å²) in [5.41, 5.74) is 2.66. The van der Waals surface area contributed by atoms with Crippen LogP contribution in [0.1, 0.15) is 6.42 Å². The third-order valence-electron chi connectivity index (χ3n) is 4.16. The molecule has 1 atom stereocenters. The van der Waals surface area contributed by atoms with E-state index in [4.69, 9.17) is 4.42 Å². The molecule has 3 heteroatoms. The second-order valence-electron chi connectivity index (χ2n) is 5.48. The first-order chi connectivity index (χ1) is 10.3. The Morgan fingerprint density at radius 3 is 2.76 bits per heavy atom. The Morgan fingerprint density at radius 2 is 1.95 bits per heavy atom. The van der Waals surface area contributed by atoms with E-state index < -0.39 is 0 Å². The van der Waals surface area contributed by atoms with Crippen LogP contribution in [-0.2, 0) is 4.79 Å². The van der Waals surface area contributed by atoms with Crippen LogP contribution in [0.15, 0.2) is 59.5 Å². The summed E-state index contributed by atoms with van der Waals surface area (Å²) in [5, 5.41) is 2.14. The van der Waals surface area contributed by atoms with Crippen LogP contribution in [-0.4, -0.2) is 12.5 Å². The van der Waals surface area contributed by atoms with Crippen LogP contribution in [0.2, 0.25) is 0 Å². The van der Waals surface area contributed by atoms with Crippen molar-refractivity contribution in [3.63, 3.8) is 0 Å². The SMILES string of the molecule is C=CC1CC(=O)N(c2ccc3oc4ccccc4c3c2)C1. The summed E-state index contributed by atoms with van der Waals surface area (Å²) in [6.07, 6.45) is 2.41. The molecule has 21 heavy (non-hydrogen) atoms. The molecule has 104 valence electrons. The Bertz CT molecular complexity index is 862. The number of hydrogen-bond donors (Lipinski definition) is 0. The van der Waals surface area contributed by atoms with Crippen LogP contribution < -0.4 is 4.90 Å². The lowest BCUT2D eigenvalue weighted by atomic mass is 10.1. The molecule has 4 rings (SSSR count). The molecule has 2 heterocycles. The molecule has 1 amide bonds. The molecule has 3 aromatic rings. The fraction of sp³-hybridized carbons (Fsp3) is 0.167. The predicted molar refractivity (Wildman–Crippen MR) is 84.4 cm³/mol. The lowest BCUT2D eigenvalue weighted by Gasteiger charge is -2.16. The largest absolute Gasteiger partial charge is 0.456 e. The number of carbonyl (C=O) groups is 1. The first kappa shape index (κ1) is 12.2. The van der Waals surface area contributed by atoms with Gasteiger partial charge in [0.25, 0.3) is 0 Å². The molecule has 0 spiro atoms. The highest BCUT2D eigenvalue weighted by Crippen LogP contribution is 2.33. The Labute approximate surface area is 122 Å². The van der Waals surface area contributed by atoms with Gasteiger partial charge in [-0.1, -0.05) is 24.3 Å². The Balaban J connectivity index is 1.85. The topological polar surface area (TPSA) is 33.5 Å². The quantitative estimate of drug-likeness (QED) is 0.660. The predicted octanol–water partition coefficient (Wildman–Crippen LogP) is 4.12. The molecule has 1 aliphatic rings. The number of carbonyl (C=O) groups excluding carboxylic acids is 1. The van der Waals surface area contributed by atoms with E-state index in [9.17, 15) is 4.79 Å². The van der Waals surface area contributed by atoms with Crippen molar-refractivity contribution in [2.24, 2.45) is 5.92 Å². The Morgan fingerprint density at radius 1 is 1.14 bits per heavy atom. The van der Waals surface area contributed by atoms with Crippen LogP contribution in [0.3, 0.4) is 0 Å². The molecule has 1 aliphatic heterocycles. The average molecular weight is 277 g/mol. The number of fused-ring (bicyclic) bond motifs is 3. The summed E-state index contributed by atoms with van der Waals surface area (Å²) in [7, 11) is 0. The van der Waals surface area contributed by atoms with E-state index >= 15 is 0 Å². The second-order valence-corrected chi connectivity index (χ2v) is 5.48. The van der Waals surface area contributed by atoms with Crippen molar-refractivity contribution in [3.8, 4) is 0 Å². The summed E-state index contributed by atoms with van der Waals surface area (Å²) >= 11 is 0. The van der Waals surface area contributed by atoms with E-state index in [1.54, 1.807) is 0 Å². The van der Waals surface area contributed by atoms with Crippen LogP contribution in [0, 0.1) is 5.92 Å². The maximum Gasteiger partial charge on any atom is 0.227 e. The number of benzene rings is 2. The third kappa shape index (κ3) is 1.85. The first-order valence-corrected chi connectivity index (χ1v) is 7.10. The molecule has 1 aromatic heterocycles. The number of furan rings is 1. The van der Waals surface area contributed by atoms with Gasteiger partial charge in [0.2, 0.25) is 5.91 Å². The minimum Gasteiger partial charge on any atom is -0.456 e. The zero-order chi connectivity index (χ0) is 14.4. The van der Waals surface area contributed by atoms with E-state index in [2.05, 4.69) is 6.58 Å². The highest BCUT2D eigenvalue weighted by molar-refractivity contribution is 6.07. The Kier molecular flexibility index (Phi) is 2.61. The van der Waals surface area contributed by atoms with Gasteiger partial charge < -0.3 is 9.32 Å². The monoisotopic (exact) mass is 277 g/mol. The lowest BCUT2D eigenvalue weighted by molar-refractivity contribution is -0.117. The summed E-state index contributed by atoms with van der Waals surface area (Å²) in [6, 6.07) is 13.9. The van der Waals surface area contributed by atoms with E-state index in [0.717, 1.165) is 27.6 Å². The summed E-state index contributed by atoms with van der Waals surface area (Å²) < 4.78 is 5.82. The molecule has 0 saturated carbocycles. The molecule has 0 aliphatic carbocycles. The third-order valence-corrected chi connectivity index (χ3v) is 4.16. The van der Waals surface area contributed by atoms with Gasteiger partial charge >= 0.3 is 0 Å². The van der Waals surface area contributed by atoms with Gasteiger partial charge in [-0.25, -0.2) is 0 Å². The Hall–Kier alpha value is -2.55. The van der Waals surface area contributed by atoms with Crippen molar-refractivity contribution < 1.29 is 9.21 Å². The van der Waals surface area contributed by atoms with Gasteiger partial charge in [0.1, 0.15) is 11.2 Å². The smallest absolute Gasteiger partial charge is 0.227 e. The molecule has 3 nitrogen and oxygen atoms in total. The van der Waals surface area contributed by atoms with Crippen LogP contribution in [0.25, 0.3) is 21.9 Å². The van der Waals surface area contributed by atoms with Crippen molar-refractivity contribution in [1.29, 1.82) is 0 Å². The molecular weight excluding hydrogens is 262 g/mol. The van der Waals surface area contributed by atoms with Gasteiger partial charge in [-0.2, -0.15) is 0 Å². The highest BCUT2D eigenvalue weighted by atomic mass is 16.3. The van der Waals surface area contributed by atoms with Gasteiger partial charge in [0, 0.05) is 35.3 Å². The standard InChI is InChI=1S/C18H15NO2/c1-2-12-9-18(20)19(11-12)13-7-8-17-15(10-13)14-5-3-4-6-16(14)21-17/h2-8,10,12H,1,9,11H2. The average Bonchev–Trinajstić information content (AvgIpc) is 3.07. The molecule has 0 radical (unpaired) electrons. The zero-order valence-electron chi connectivity index (χ0n) is 11.6. The van der Waals surface area contributed by atoms with Crippen molar-refractivity contribution >= 4 is 33.5 Å². The number of anilines is 1. The van der Waals surface area contributed by atoms with Crippen molar-refractivity contribution in [2.75, 3.05) is 11.4 Å². The molecule has 1 saturated heterocycles. The fourth-order valence-corrected chi connectivity index (χ4v) is 3.02. The number of nitrogens with zero attached hydrogens (tertiary/aromatic N) is 1. The number of rotatable bonds is 2. The van der Waals surface area contributed by atoms with Crippen molar-refractivity contribution in [2.45, 2.75) is 6.42 Å². The minimum absolute atomic E-state index is 0.159. The van der Waals surface area contributed by atoms with Crippen LogP contribution >= 0.6 is 0 Å². The van der Waals surface area contributed by atoms with Crippen molar-refractivity contribution in [3.05, 3.63) is 55.1 Å². The maximum atomic E-state index is 12.1. The second kappa shape index (κ2) is 4.48. The molecule has 2 aromatic carbocycles. The van der Waals surface area contributed by atoms with E-state index in [0.29, 0.717) is 13.0 Å². The fourth-order valence-electron chi connectivity index (χ4n) is 3.02. The summed E-state index contributed by atoms with van der Waals surface area (Å²) in [5.74, 6) is 0.404. The number of amides is 1. The molecule has 1 fully saturated rings. The van der Waals surface area contributed by atoms with E-state index in [-0.39, 0.29) is 11.8 Å². The van der Waals surface area contributed by atoms with Gasteiger partial charge in [-0.15, -0.1) is 6.58 Å². The van der Waals surface area contributed by atoms with Gasteiger partial charge in [-0.05, 0) is 24.3 Å². The zero-order valence-corrected chi connectivity index (χ0v) is 11.6. The number of hydrogen-bond acceptors (Lipinski definition) is 2. The summed E-state index contributed by atoms with van der Waals surface area (Å²) in [4.78, 5) is 14.0. The minimum atomic E-state index is 0.159. The van der Waals surface area contributed by atoms with Crippen LogP contribution in [0.5, 0.6) is 0 Å². The first-order valence-electron chi connectivity index (χ1n) is 7.10. The maximum absolute atomic E-state index is 12.1. The van der Waals surface area contributed by atoms with Gasteiger partial charge in [0.05, 0.1) is 0 Å². The molecule has 0 N–H and O–H groups in total. The summed E-state index contributed by atoms with van der Waals surface area (Å²) in [6.45, 7) is 4.51. The van der Waals surface area contributed by atoms with Gasteiger partial charge in [0.15, 0.2) is 0 Å². The van der Waals surface area contributed by atoms with E-state index in [1.807, 2.05) is 53.4 Å².